The maximum atomic E-state index is 11.3. The van der Waals surface area contributed by atoms with Gasteiger partial charge in [0, 0.05) is 0 Å². The van der Waals surface area contributed by atoms with Crippen LogP contribution in [0.5, 0.6) is 0 Å². The molecule has 1 N–H and O–H groups in total. The monoisotopic (exact) mass is 237 g/mol. The average Bonchev–Trinajstić information content (AvgIpc) is 2.64. The lowest BCUT2D eigenvalue weighted by Crippen LogP contribution is -2.37. The third kappa shape index (κ3) is 3.73. The Labute approximate surface area is 91.0 Å². The fourth-order valence-corrected chi connectivity index (χ4v) is 1.62. The van der Waals surface area contributed by atoms with Crippen molar-refractivity contribution in [1.82, 2.24) is 5.01 Å². The van der Waals surface area contributed by atoms with Gasteiger partial charge in [0.05, 0.1) is 24.4 Å². The predicted octanol–water partition coefficient (Wildman–Crippen LogP) is -0.412. The van der Waals surface area contributed by atoms with Crippen LogP contribution in [0.2, 0.25) is 0 Å². The number of hydrogen-bond donors (Lipinski definition) is 1. The van der Waals surface area contributed by atoms with Gasteiger partial charge in [0.1, 0.15) is 6.04 Å². The molecule has 0 bridgehead atoms. The summed E-state index contributed by atoms with van der Waals surface area (Å²) < 4.78 is 10.6. The average molecular weight is 237 g/mol. The summed E-state index contributed by atoms with van der Waals surface area (Å²) in [5.74, 6) is -0.101. The van der Waals surface area contributed by atoms with Crippen molar-refractivity contribution in [1.29, 1.82) is 0 Å². The van der Waals surface area contributed by atoms with Gasteiger partial charge in [0.2, 0.25) is 5.28 Å². The van der Waals surface area contributed by atoms with Gasteiger partial charge in [-0.05, 0) is 24.0 Å². The van der Waals surface area contributed by atoms with Crippen LogP contribution < -0.4 is 0 Å². The van der Waals surface area contributed by atoms with Crippen molar-refractivity contribution in [3.05, 3.63) is 5.21 Å². The fourth-order valence-electron chi connectivity index (χ4n) is 1.43. The number of rotatable bonds is 5. The maximum absolute atomic E-state index is 11.3. The van der Waals surface area contributed by atoms with E-state index in [1.807, 2.05) is 0 Å². The molecular weight excluding hydrogens is 222 g/mol. The van der Waals surface area contributed by atoms with Crippen LogP contribution >= 0.6 is 0 Å². The van der Waals surface area contributed by atoms with E-state index >= 15 is 0 Å². The normalized spacial score (nSPS) is 24.3. The first-order chi connectivity index (χ1) is 7.15. The van der Waals surface area contributed by atoms with E-state index in [1.54, 1.807) is 0 Å². The Balaban J connectivity index is 2.40. The third-order valence-electron chi connectivity index (χ3n) is 2.12. The Hall–Kier alpha value is -0.730. The smallest absolute Gasteiger partial charge is 0.274 e. The second-order valence-corrected chi connectivity index (χ2v) is 4.68. The Kier molecular flexibility index (Phi) is 4.92. The second-order valence-electron chi connectivity index (χ2n) is 3.30. The largest absolute Gasteiger partial charge is 0.614 e. The number of aliphatic hydroxyl groups excluding tert-OH is 1. The van der Waals surface area contributed by atoms with Crippen molar-refractivity contribution in [2.24, 2.45) is 5.28 Å². The lowest BCUT2D eigenvalue weighted by atomic mass is 10.2. The van der Waals surface area contributed by atoms with Crippen molar-refractivity contribution in [3.8, 4) is 0 Å². The summed E-state index contributed by atoms with van der Waals surface area (Å²) >= 11 is -1.14. The van der Waals surface area contributed by atoms with Crippen molar-refractivity contribution in [2.45, 2.75) is 18.9 Å². The number of aliphatic hydroxyl groups is 1. The molecule has 0 radical (unpaired) electrons. The Morgan fingerprint density at radius 3 is 3.07 bits per heavy atom. The van der Waals surface area contributed by atoms with Gasteiger partial charge in [0.15, 0.2) is 0 Å². The van der Waals surface area contributed by atoms with Crippen molar-refractivity contribution < 1.29 is 19.5 Å². The SMILES string of the molecule is C[S+]([O-])CO/N=[N+](\[O-])N1CCCC1CO. The first-order valence-corrected chi connectivity index (χ1v) is 6.35. The molecule has 1 saturated heterocycles. The molecule has 2 atom stereocenters. The summed E-state index contributed by atoms with van der Waals surface area (Å²) in [7, 11) is 0. The molecule has 0 spiro atoms. The molecule has 1 fully saturated rings. The molecule has 7 nitrogen and oxygen atoms in total. The number of nitrogens with zero attached hydrogens (tertiary/aromatic N) is 3. The van der Waals surface area contributed by atoms with E-state index in [4.69, 9.17) is 5.11 Å². The van der Waals surface area contributed by atoms with Gasteiger partial charge in [-0.25, -0.2) is 0 Å². The van der Waals surface area contributed by atoms with E-state index in [0.717, 1.165) is 12.8 Å². The highest BCUT2D eigenvalue weighted by molar-refractivity contribution is 7.90. The molecule has 8 heteroatoms. The second kappa shape index (κ2) is 5.99. The van der Waals surface area contributed by atoms with Gasteiger partial charge in [0.25, 0.3) is 5.94 Å². The minimum Gasteiger partial charge on any atom is -0.614 e. The highest BCUT2D eigenvalue weighted by Crippen LogP contribution is 2.16. The summed E-state index contributed by atoms with van der Waals surface area (Å²) in [4.78, 5) is 4.90. The minimum absolute atomic E-state index is 0.0754. The summed E-state index contributed by atoms with van der Waals surface area (Å²) in [6, 6.07) is -0.193. The quantitative estimate of drug-likeness (QED) is 0.303. The van der Waals surface area contributed by atoms with Gasteiger partial charge in [-0.2, -0.15) is 0 Å². The molecule has 1 aliphatic heterocycles. The topological polar surface area (TPSA) is 94.2 Å². The van der Waals surface area contributed by atoms with Gasteiger partial charge in [-0.15, -0.1) is 5.01 Å². The zero-order chi connectivity index (χ0) is 11.3. The van der Waals surface area contributed by atoms with Crippen molar-refractivity contribution in [3.63, 3.8) is 0 Å². The van der Waals surface area contributed by atoms with E-state index in [2.05, 4.69) is 10.1 Å². The molecule has 15 heavy (non-hydrogen) atoms. The van der Waals surface area contributed by atoms with E-state index in [1.165, 1.54) is 11.3 Å². The van der Waals surface area contributed by atoms with Gasteiger partial charge >= 0.3 is 0 Å². The highest BCUT2D eigenvalue weighted by atomic mass is 32.2. The number of hydrazine groups is 1. The Morgan fingerprint density at radius 1 is 1.73 bits per heavy atom. The molecule has 0 aliphatic carbocycles. The van der Waals surface area contributed by atoms with Crippen molar-refractivity contribution >= 4 is 11.2 Å². The molecule has 0 aromatic rings. The van der Waals surface area contributed by atoms with Crippen LogP contribution in [0.15, 0.2) is 5.28 Å². The fraction of sp³-hybridized carbons (Fsp3) is 1.00. The number of hydrogen-bond acceptors (Lipinski definition) is 5. The molecule has 2 unspecified atom stereocenters. The summed E-state index contributed by atoms with van der Waals surface area (Å²) in [5, 5.41) is 24.9. The molecule has 0 amide bonds. The van der Waals surface area contributed by atoms with Crippen LogP contribution in [0.1, 0.15) is 12.8 Å². The molecule has 0 aromatic carbocycles. The lowest BCUT2D eigenvalue weighted by Gasteiger charge is -2.17. The third-order valence-corrected chi connectivity index (χ3v) is 2.56. The van der Waals surface area contributed by atoms with E-state index in [9.17, 15) is 9.76 Å². The van der Waals surface area contributed by atoms with Crippen LogP contribution in [0.4, 0.5) is 0 Å². The molecule has 0 aromatic heterocycles. The minimum atomic E-state index is -1.14. The molecule has 88 valence electrons. The summed E-state index contributed by atoms with van der Waals surface area (Å²) in [5.41, 5.74) is 0. The highest BCUT2D eigenvalue weighted by Gasteiger charge is 2.30. The zero-order valence-corrected chi connectivity index (χ0v) is 9.35. The maximum Gasteiger partial charge on any atom is 0.274 e. The lowest BCUT2D eigenvalue weighted by molar-refractivity contribution is -0.714. The molecular formula is C7H15N3O4S. The van der Waals surface area contributed by atoms with Crippen LogP contribution in [0, 0.1) is 5.21 Å². The molecule has 1 aliphatic rings. The van der Waals surface area contributed by atoms with Crippen molar-refractivity contribution in [2.75, 3.05) is 25.3 Å². The molecule has 1 heterocycles. The molecule has 0 saturated carbocycles. The standard InChI is InChI=1S/C7H15N3O4S/c1-15(13)6-14-8-10(12)9-4-2-3-7(9)5-11/h7,11H,2-6H2,1H3/b10-8-. The first-order valence-electron chi connectivity index (χ1n) is 4.62. The van der Waals surface area contributed by atoms with Gasteiger partial charge < -0.3 is 14.9 Å². The van der Waals surface area contributed by atoms with E-state index in [0.29, 0.717) is 11.5 Å². The Morgan fingerprint density at radius 2 is 2.47 bits per heavy atom. The Bertz CT molecular complexity index is 226. The first kappa shape index (κ1) is 12.3. The predicted molar refractivity (Wildman–Crippen MR) is 52.9 cm³/mol. The summed E-state index contributed by atoms with van der Waals surface area (Å²) in [6.45, 7) is 0.477. The van der Waals surface area contributed by atoms with Crippen LogP contribution in [-0.2, 0) is 16.0 Å². The van der Waals surface area contributed by atoms with Crippen LogP contribution in [0.3, 0.4) is 0 Å². The molecule has 1 rings (SSSR count). The van der Waals surface area contributed by atoms with Gasteiger partial charge in [-0.3, -0.25) is 4.84 Å². The zero-order valence-electron chi connectivity index (χ0n) is 8.53. The van der Waals surface area contributed by atoms with Gasteiger partial charge in [-0.1, -0.05) is 0 Å². The van der Waals surface area contributed by atoms with Crippen LogP contribution in [-0.4, -0.2) is 51.0 Å². The van der Waals surface area contributed by atoms with E-state index < -0.39 is 11.2 Å². The van der Waals surface area contributed by atoms with E-state index in [-0.39, 0.29) is 18.6 Å². The van der Waals surface area contributed by atoms with Crippen LogP contribution in [0.25, 0.3) is 0 Å². The summed E-state index contributed by atoms with van der Waals surface area (Å²) in [6.07, 6.45) is 3.07.